The van der Waals surface area contributed by atoms with E-state index in [1.54, 1.807) is 13.2 Å². The van der Waals surface area contributed by atoms with E-state index in [1.165, 1.54) is 6.08 Å². The Hall–Kier alpha value is -1.79. The highest BCUT2D eigenvalue weighted by molar-refractivity contribution is 6.63. The Morgan fingerprint density at radius 2 is 1.82 bits per heavy atom. The molecule has 118 valence electrons. The van der Waals surface area contributed by atoms with E-state index < -0.39 is 24.3 Å². The van der Waals surface area contributed by atoms with Gasteiger partial charge in [-0.15, -0.1) is 0 Å². The van der Waals surface area contributed by atoms with E-state index >= 15 is 0 Å². The number of carbonyl (C=O) groups is 1. The summed E-state index contributed by atoms with van der Waals surface area (Å²) in [7, 11) is 1.05. The Morgan fingerprint density at radius 1 is 1.23 bits per heavy atom. The molecule has 0 unspecified atom stereocenters. The lowest BCUT2D eigenvalue weighted by Crippen LogP contribution is -2.41. The smallest absolute Gasteiger partial charge is 0.497 e. The van der Waals surface area contributed by atoms with Crippen LogP contribution in [0.1, 0.15) is 33.3 Å². The predicted octanol–water partition coefficient (Wildman–Crippen LogP) is 2.09. The standard InChI is InChI=1S/C16H21BO5/c1-15(2)16(3,4)22-17(21-15)12-8-6-11(7-9-14(18)19)10-13(12)20-5/h6-10H,1-5H3,(H,18,19)/b9-7+. The van der Waals surface area contributed by atoms with Crippen LogP contribution in [-0.4, -0.2) is 36.5 Å². The van der Waals surface area contributed by atoms with E-state index in [4.69, 9.17) is 19.2 Å². The van der Waals surface area contributed by atoms with Gasteiger partial charge in [0.15, 0.2) is 0 Å². The molecule has 0 aromatic heterocycles. The number of methoxy groups -OCH3 is 1. The first-order chi connectivity index (χ1) is 10.2. The Kier molecular flexibility index (Phi) is 4.36. The van der Waals surface area contributed by atoms with Crippen LogP contribution in [0.25, 0.3) is 6.08 Å². The molecule has 1 fully saturated rings. The molecule has 1 aliphatic heterocycles. The molecule has 5 nitrogen and oxygen atoms in total. The fraction of sp³-hybridized carbons (Fsp3) is 0.438. The third-order valence-electron chi connectivity index (χ3n) is 4.18. The molecule has 0 atom stereocenters. The van der Waals surface area contributed by atoms with Crippen molar-refractivity contribution in [3.05, 3.63) is 29.8 Å². The second kappa shape index (κ2) is 5.78. The van der Waals surface area contributed by atoms with Crippen molar-refractivity contribution in [1.82, 2.24) is 0 Å². The number of ether oxygens (including phenoxy) is 1. The first-order valence-corrected chi connectivity index (χ1v) is 7.11. The lowest BCUT2D eigenvalue weighted by molar-refractivity contribution is -0.131. The van der Waals surface area contributed by atoms with Gasteiger partial charge >= 0.3 is 13.1 Å². The van der Waals surface area contributed by atoms with Crippen molar-refractivity contribution in [3.8, 4) is 5.75 Å². The summed E-state index contributed by atoms with van der Waals surface area (Å²) in [6, 6.07) is 5.41. The SMILES string of the molecule is COc1cc(/C=C/C(=O)O)ccc1B1OC(C)(C)C(C)(C)O1. The van der Waals surface area contributed by atoms with Crippen molar-refractivity contribution < 1.29 is 23.9 Å². The van der Waals surface area contributed by atoms with Crippen LogP contribution in [0.3, 0.4) is 0 Å². The average Bonchev–Trinajstić information content (AvgIpc) is 2.64. The molecule has 0 radical (unpaired) electrons. The second-order valence-corrected chi connectivity index (χ2v) is 6.26. The minimum Gasteiger partial charge on any atom is -0.497 e. The number of hydrogen-bond donors (Lipinski definition) is 1. The Morgan fingerprint density at radius 3 is 2.32 bits per heavy atom. The summed E-state index contributed by atoms with van der Waals surface area (Å²) in [6.45, 7) is 7.96. The van der Waals surface area contributed by atoms with Gasteiger partial charge in [-0.1, -0.05) is 12.1 Å². The van der Waals surface area contributed by atoms with Crippen LogP contribution >= 0.6 is 0 Å². The maximum Gasteiger partial charge on any atom is 0.498 e. The second-order valence-electron chi connectivity index (χ2n) is 6.26. The first-order valence-electron chi connectivity index (χ1n) is 7.11. The minimum atomic E-state index is -0.992. The number of carboxylic acid groups (broad SMARTS) is 1. The summed E-state index contributed by atoms with van der Waals surface area (Å²) in [6.07, 6.45) is 2.60. The lowest BCUT2D eigenvalue weighted by atomic mass is 9.78. The zero-order chi connectivity index (χ0) is 16.5. The van der Waals surface area contributed by atoms with Crippen molar-refractivity contribution >= 4 is 24.6 Å². The molecule has 22 heavy (non-hydrogen) atoms. The van der Waals surface area contributed by atoms with Gasteiger partial charge in [0.1, 0.15) is 5.75 Å². The molecule has 0 saturated carbocycles. The highest BCUT2D eigenvalue weighted by Crippen LogP contribution is 2.37. The molecule has 1 aromatic carbocycles. The first kappa shape index (κ1) is 16.6. The molecular formula is C16H21BO5. The number of carboxylic acids is 1. The van der Waals surface area contributed by atoms with Gasteiger partial charge in [-0.2, -0.15) is 0 Å². The maximum absolute atomic E-state index is 10.6. The van der Waals surface area contributed by atoms with Crippen LogP contribution < -0.4 is 10.2 Å². The molecule has 1 aliphatic rings. The zero-order valence-corrected chi connectivity index (χ0v) is 13.5. The summed E-state index contributed by atoms with van der Waals surface area (Å²) in [5, 5.41) is 8.69. The summed E-state index contributed by atoms with van der Waals surface area (Å²) >= 11 is 0. The number of benzene rings is 1. The summed E-state index contributed by atoms with van der Waals surface area (Å²) in [4.78, 5) is 10.6. The highest BCUT2D eigenvalue weighted by Gasteiger charge is 2.52. The molecule has 1 saturated heterocycles. The van der Waals surface area contributed by atoms with Crippen molar-refractivity contribution in [2.24, 2.45) is 0 Å². The van der Waals surface area contributed by atoms with Gasteiger partial charge in [0.25, 0.3) is 0 Å². The normalized spacial score (nSPS) is 19.6. The molecule has 1 aromatic rings. The Balaban J connectivity index is 2.31. The van der Waals surface area contributed by atoms with Gasteiger partial charge in [0.2, 0.25) is 0 Å². The van der Waals surface area contributed by atoms with Crippen LogP contribution in [0.2, 0.25) is 0 Å². The van der Waals surface area contributed by atoms with E-state index in [0.29, 0.717) is 5.75 Å². The van der Waals surface area contributed by atoms with Crippen LogP contribution in [-0.2, 0) is 14.1 Å². The molecule has 0 aliphatic carbocycles. The molecule has 0 bridgehead atoms. The van der Waals surface area contributed by atoms with Crippen molar-refractivity contribution in [1.29, 1.82) is 0 Å². The van der Waals surface area contributed by atoms with E-state index in [9.17, 15) is 4.79 Å². The largest absolute Gasteiger partial charge is 0.498 e. The molecule has 0 amide bonds. The van der Waals surface area contributed by atoms with Crippen LogP contribution in [0.15, 0.2) is 24.3 Å². The Labute approximate surface area is 131 Å². The summed E-state index contributed by atoms with van der Waals surface area (Å²) in [5.41, 5.74) is 0.669. The fourth-order valence-corrected chi connectivity index (χ4v) is 2.16. The molecular weight excluding hydrogens is 283 g/mol. The third-order valence-corrected chi connectivity index (χ3v) is 4.18. The van der Waals surface area contributed by atoms with Gasteiger partial charge < -0.3 is 19.2 Å². The molecule has 6 heteroatoms. The van der Waals surface area contributed by atoms with Gasteiger partial charge in [-0.05, 0) is 45.4 Å². The average molecular weight is 304 g/mol. The highest BCUT2D eigenvalue weighted by atomic mass is 16.7. The van der Waals surface area contributed by atoms with Gasteiger partial charge in [0.05, 0.1) is 18.3 Å². The molecule has 1 heterocycles. The van der Waals surface area contributed by atoms with Crippen molar-refractivity contribution in [3.63, 3.8) is 0 Å². The van der Waals surface area contributed by atoms with Crippen LogP contribution in [0.4, 0.5) is 0 Å². The Bertz CT molecular complexity index is 591. The number of aliphatic carboxylic acids is 1. The van der Waals surface area contributed by atoms with Crippen LogP contribution in [0, 0.1) is 0 Å². The summed E-state index contributed by atoms with van der Waals surface area (Å²) < 4.78 is 17.4. The molecule has 0 spiro atoms. The monoisotopic (exact) mass is 304 g/mol. The predicted molar refractivity (Wildman–Crippen MR) is 85.4 cm³/mol. The molecule has 2 rings (SSSR count). The fourth-order valence-electron chi connectivity index (χ4n) is 2.16. The molecule has 1 N–H and O–H groups in total. The van der Waals surface area contributed by atoms with Gasteiger partial charge in [-0.25, -0.2) is 4.79 Å². The van der Waals surface area contributed by atoms with Crippen molar-refractivity contribution in [2.75, 3.05) is 7.11 Å². The van der Waals surface area contributed by atoms with Crippen molar-refractivity contribution in [2.45, 2.75) is 38.9 Å². The topological polar surface area (TPSA) is 65.0 Å². The van der Waals surface area contributed by atoms with Gasteiger partial charge in [-0.3, -0.25) is 0 Å². The third kappa shape index (κ3) is 3.18. The quantitative estimate of drug-likeness (QED) is 0.681. The number of hydrogen-bond acceptors (Lipinski definition) is 4. The van der Waals surface area contributed by atoms with E-state index in [2.05, 4.69) is 0 Å². The van der Waals surface area contributed by atoms with Crippen LogP contribution in [0.5, 0.6) is 5.75 Å². The summed E-state index contributed by atoms with van der Waals surface area (Å²) in [5.74, 6) is -0.389. The van der Waals surface area contributed by atoms with E-state index in [0.717, 1.165) is 17.1 Å². The zero-order valence-electron chi connectivity index (χ0n) is 13.5. The minimum absolute atomic E-state index is 0.426. The van der Waals surface area contributed by atoms with E-state index in [-0.39, 0.29) is 0 Å². The lowest BCUT2D eigenvalue weighted by Gasteiger charge is -2.32. The number of rotatable bonds is 4. The van der Waals surface area contributed by atoms with E-state index in [1.807, 2.05) is 39.8 Å². The maximum atomic E-state index is 10.6. The van der Waals surface area contributed by atoms with Gasteiger partial charge in [0, 0.05) is 11.5 Å².